The molecule has 1 atom stereocenters. The molecule has 1 saturated heterocycles. The molecule has 2 rings (SSSR count). The van der Waals surface area contributed by atoms with Crippen molar-refractivity contribution >= 4 is 24.2 Å². The van der Waals surface area contributed by atoms with Gasteiger partial charge in [-0.3, -0.25) is 9.59 Å². The molecule has 0 saturated carbocycles. The molecule has 2 amide bonds. The largest absolute Gasteiger partial charge is 0.352 e. The number of nitrogens with zero attached hydrogens (tertiary/aromatic N) is 1. The minimum atomic E-state index is -0.167. The lowest BCUT2D eigenvalue weighted by molar-refractivity contribution is -0.128. The summed E-state index contributed by atoms with van der Waals surface area (Å²) in [6.07, 6.45) is 3.48. The normalized spacial score (nSPS) is 22.8. The number of nitrogens with one attached hydrogen (secondary N) is 2. The van der Waals surface area contributed by atoms with E-state index in [-0.39, 0.29) is 30.1 Å². The third-order valence-electron chi connectivity index (χ3n) is 3.61. The van der Waals surface area contributed by atoms with Crippen LogP contribution in [0.3, 0.4) is 0 Å². The summed E-state index contributed by atoms with van der Waals surface area (Å²) < 4.78 is 0. The Morgan fingerprint density at radius 1 is 1.58 bits per heavy atom. The molecule has 1 fully saturated rings. The van der Waals surface area contributed by atoms with Crippen molar-refractivity contribution in [1.82, 2.24) is 15.5 Å². The Labute approximate surface area is 120 Å². The topological polar surface area (TPSA) is 61.4 Å². The predicted molar refractivity (Wildman–Crippen MR) is 76.2 cm³/mol. The van der Waals surface area contributed by atoms with Gasteiger partial charge in [0, 0.05) is 32.6 Å². The Hall–Kier alpha value is -1.07. The van der Waals surface area contributed by atoms with Crippen LogP contribution in [0.1, 0.15) is 19.8 Å². The average Bonchev–Trinajstić information content (AvgIpc) is 2.78. The molecule has 0 radical (unpaired) electrons. The van der Waals surface area contributed by atoms with Crippen LogP contribution in [-0.2, 0) is 9.59 Å². The number of hydrogen-bond donors (Lipinski definition) is 2. The van der Waals surface area contributed by atoms with Crippen LogP contribution < -0.4 is 10.6 Å². The van der Waals surface area contributed by atoms with Gasteiger partial charge >= 0.3 is 0 Å². The lowest BCUT2D eigenvalue weighted by Crippen LogP contribution is -2.35. The highest BCUT2D eigenvalue weighted by atomic mass is 35.5. The van der Waals surface area contributed by atoms with Gasteiger partial charge in [-0.25, -0.2) is 0 Å². The highest BCUT2D eigenvalue weighted by Gasteiger charge is 2.33. The second-order valence-electron chi connectivity index (χ2n) is 4.87. The summed E-state index contributed by atoms with van der Waals surface area (Å²) in [5.41, 5.74) is 1.28. The first-order valence-electron chi connectivity index (χ1n) is 6.64. The Bertz CT molecular complexity index is 371. The third-order valence-corrected chi connectivity index (χ3v) is 3.61. The van der Waals surface area contributed by atoms with E-state index in [0.717, 1.165) is 19.5 Å². The summed E-state index contributed by atoms with van der Waals surface area (Å²) in [5, 5.41) is 6.18. The van der Waals surface area contributed by atoms with Crippen molar-refractivity contribution < 1.29 is 9.59 Å². The number of halogens is 1. The van der Waals surface area contributed by atoms with Gasteiger partial charge in [0.1, 0.15) is 0 Å². The van der Waals surface area contributed by atoms with Crippen molar-refractivity contribution in [2.45, 2.75) is 19.8 Å². The highest BCUT2D eigenvalue weighted by Crippen LogP contribution is 2.17. The zero-order chi connectivity index (χ0) is 13.0. The van der Waals surface area contributed by atoms with Crippen LogP contribution in [0.15, 0.2) is 11.6 Å². The number of hydrogen-bond acceptors (Lipinski definition) is 3. The molecule has 0 bridgehead atoms. The summed E-state index contributed by atoms with van der Waals surface area (Å²) >= 11 is 0. The quantitative estimate of drug-likeness (QED) is 0.732. The minimum absolute atomic E-state index is 0. The SMILES string of the molecule is CCN1CC(C(=O)NCC2=CCNCC2)CC1=O.Cl. The summed E-state index contributed by atoms with van der Waals surface area (Å²) in [6, 6.07) is 0. The maximum Gasteiger partial charge on any atom is 0.225 e. The zero-order valence-corrected chi connectivity index (χ0v) is 12.1. The molecule has 0 aromatic rings. The van der Waals surface area contributed by atoms with Crippen molar-refractivity contribution in [3.05, 3.63) is 11.6 Å². The first-order chi connectivity index (χ1) is 8.70. The maximum atomic E-state index is 12.0. The summed E-state index contributed by atoms with van der Waals surface area (Å²) in [4.78, 5) is 25.3. The number of carbonyl (C=O) groups excluding carboxylic acids is 2. The van der Waals surface area contributed by atoms with Crippen LogP contribution in [0.2, 0.25) is 0 Å². The molecule has 1 unspecified atom stereocenters. The van der Waals surface area contributed by atoms with E-state index in [4.69, 9.17) is 0 Å². The average molecular weight is 288 g/mol. The van der Waals surface area contributed by atoms with Gasteiger partial charge in [-0.05, 0) is 19.9 Å². The molecule has 5 nitrogen and oxygen atoms in total. The summed E-state index contributed by atoms with van der Waals surface area (Å²) in [5.74, 6) is -0.0581. The van der Waals surface area contributed by atoms with Gasteiger partial charge in [-0.2, -0.15) is 0 Å². The second-order valence-corrected chi connectivity index (χ2v) is 4.87. The van der Waals surface area contributed by atoms with Crippen LogP contribution >= 0.6 is 12.4 Å². The van der Waals surface area contributed by atoms with E-state index in [1.165, 1.54) is 5.57 Å². The smallest absolute Gasteiger partial charge is 0.225 e. The number of amides is 2. The molecular formula is C13H22ClN3O2. The van der Waals surface area contributed by atoms with Crippen molar-refractivity contribution in [2.75, 3.05) is 32.7 Å². The first-order valence-corrected chi connectivity index (χ1v) is 6.64. The first kappa shape index (κ1) is 16.0. The van der Waals surface area contributed by atoms with E-state index in [2.05, 4.69) is 16.7 Å². The van der Waals surface area contributed by atoms with Gasteiger partial charge in [0.25, 0.3) is 0 Å². The van der Waals surface area contributed by atoms with Crippen LogP contribution in [-0.4, -0.2) is 49.4 Å². The lowest BCUT2D eigenvalue weighted by atomic mass is 10.1. The Kier molecular flexibility index (Phi) is 6.31. The second kappa shape index (κ2) is 7.50. The maximum absolute atomic E-state index is 12.0. The molecule has 0 aromatic heterocycles. The van der Waals surface area contributed by atoms with Crippen LogP contribution in [0, 0.1) is 5.92 Å². The molecule has 2 aliphatic rings. The molecule has 108 valence electrons. The predicted octanol–water partition coefficient (Wildman–Crippen LogP) is 0.313. The van der Waals surface area contributed by atoms with Crippen molar-refractivity contribution in [3.63, 3.8) is 0 Å². The lowest BCUT2D eigenvalue weighted by Gasteiger charge is -2.16. The van der Waals surface area contributed by atoms with Gasteiger partial charge in [-0.1, -0.05) is 11.6 Å². The van der Waals surface area contributed by atoms with Gasteiger partial charge in [0.15, 0.2) is 0 Å². The summed E-state index contributed by atoms with van der Waals surface area (Å²) in [7, 11) is 0. The molecular weight excluding hydrogens is 266 g/mol. The van der Waals surface area contributed by atoms with E-state index >= 15 is 0 Å². The number of carbonyl (C=O) groups is 2. The fourth-order valence-corrected chi connectivity index (χ4v) is 2.43. The van der Waals surface area contributed by atoms with E-state index in [9.17, 15) is 9.59 Å². The fourth-order valence-electron chi connectivity index (χ4n) is 2.43. The molecule has 2 heterocycles. The molecule has 19 heavy (non-hydrogen) atoms. The third kappa shape index (κ3) is 4.21. The molecule has 2 N–H and O–H groups in total. The monoisotopic (exact) mass is 287 g/mol. The van der Waals surface area contributed by atoms with E-state index in [1.54, 1.807) is 4.90 Å². The Balaban J connectivity index is 0.00000180. The van der Waals surface area contributed by atoms with Crippen molar-refractivity contribution in [1.29, 1.82) is 0 Å². The fraction of sp³-hybridized carbons (Fsp3) is 0.692. The molecule has 0 aliphatic carbocycles. The minimum Gasteiger partial charge on any atom is -0.352 e. The van der Waals surface area contributed by atoms with E-state index in [0.29, 0.717) is 26.1 Å². The molecule has 6 heteroatoms. The van der Waals surface area contributed by atoms with Crippen molar-refractivity contribution in [2.24, 2.45) is 5.92 Å². The standard InChI is InChI=1S/C13H21N3O2.ClH/c1-2-16-9-11(7-12(16)17)13(18)15-8-10-3-5-14-6-4-10;/h3,11,14H,2,4-9H2,1H3,(H,15,18);1H. The Morgan fingerprint density at radius 3 is 2.95 bits per heavy atom. The van der Waals surface area contributed by atoms with Gasteiger partial charge in [0.05, 0.1) is 5.92 Å². The van der Waals surface area contributed by atoms with E-state index in [1.807, 2.05) is 6.92 Å². The van der Waals surface area contributed by atoms with Gasteiger partial charge in [-0.15, -0.1) is 12.4 Å². The van der Waals surface area contributed by atoms with Crippen LogP contribution in [0.5, 0.6) is 0 Å². The highest BCUT2D eigenvalue weighted by molar-refractivity contribution is 5.89. The van der Waals surface area contributed by atoms with Crippen LogP contribution in [0.25, 0.3) is 0 Å². The number of rotatable bonds is 4. The molecule has 0 aromatic carbocycles. The van der Waals surface area contributed by atoms with E-state index < -0.39 is 0 Å². The van der Waals surface area contributed by atoms with Crippen molar-refractivity contribution in [3.8, 4) is 0 Å². The van der Waals surface area contributed by atoms with Gasteiger partial charge < -0.3 is 15.5 Å². The zero-order valence-electron chi connectivity index (χ0n) is 11.3. The molecule has 2 aliphatic heterocycles. The Morgan fingerprint density at radius 2 is 2.37 bits per heavy atom. The molecule has 0 spiro atoms. The van der Waals surface area contributed by atoms with Crippen LogP contribution in [0.4, 0.5) is 0 Å². The summed E-state index contributed by atoms with van der Waals surface area (Å²) in [6.45, 7) is 5.69. The van der Waals surface area contributed by atoms with Gasteiger partial charge in [0.2, 0.25) is 11.8 Å². The number of likely N-dealkylation sites (tertiary alicyclic amines) is 1.